The molecule has 0 bridgehead atoms. The summed E-state index contributed by atoms with van der Waals surface area (Å²) >= 11 is 0. The lowest BCUT2D eigenvalue weighted by Crippen LogP contribution is -2.40. The van der Waals surface area contributed by atoms with Crippen LogP contribution in [0.25, 0.3) is 0 Å². The molecule has 9 heteroatoms. The van der Waals surface area contributed by atoms with Crippen molar-refractivity contribution in [3.8, 4) is 5.75 Å². The van der Waals surface area contributed by atoms with Crippen LogP contribution < -0.4 is 15.4 Å². The third-order valence-corrected chi connectivity index (χ3v) is 3.88. The van der Waals surface area contributed by atoms with E-state index < -0.39 is 12.8 Å². The number of aliphatic imine (C=N–C) groups is 1. The predicted octanol–water partition coefficient (Wildman–Crippen LogP) is 4.10. The van der Waals surface area contributed by atoms with E-state index in [1.54, 1.807) is 12.1 Å². The van der Waals surface area contributed by atoms with Gasteiger partial charge in [0.05, 0.1) is 6.54 Å². The van der Waals surface area contributed by atoms with Gasteiger partial charge in [-0.1, -0.05) is 25.5 Å². The van der Waals surface area contributed by atoms with Crippen LogP contribution in [0.1, 0.15) is 38.7 Å². The Morgan fingerprint density at radius 1 is 1.14 bits per heavy atom. The van der Waals surface area contributed by atoms with Gasteiger partial charge in [-0.15, -0.1) is 24.0 Å². The maximum absolute atomic E-state index is 12.2. The Morgan fingerprint density at radius 3 is 2.36 bits per heavy atom. The Labute approximate surface area is 182 Å². The summed E-state index contributed by atoms with van der Waals surface area (Å²) in [6.07, 6.45) is -1.50. The Kier molecular flexibility index (Phi) is 14.1. The van der Waals surface area contributed by atoms with Crippen molar-refractivity contribution in [2.75, 3.05) is 26.3 Å². The number of hydrogen-bond donors (Lipinski definition) is 3. The summed E-state index contributed by atoms with van der Waals surface area (Å²) in [5, 5.41) is 15.6. The molecule has 0 radical (unpaired) electrons. The summed E-state index contributed by atoms with van der Waals surface area (Å²) in [5.41, 5.74) is 0.868. The summed E-state index contributed by atoms with van der Waals surface area (Å²) in [5.74, 6) is 1.24. The Bertz CT molecular complexity index is 548. The van der Waals surface area contributed by atoms with Gasteiger partial charge in [0.25, 0.3) is 0 Å². The maximum Gasteiger partial charge on any atom is 0.422 e. The highest BCUT2D eigenvalue weighted by Crippen LogP contribution is 2.19. The zero-order chi connectivity index (χ0) is 20.1. The molecule has 3 N–H and O–H groups in total. The number of nitrogens with one attached hydrogen (secondary N) is 2. The van der Waals surface area contributed by atoms with Crippen LogP contribution in [0.15, 0.2) is 29.3 Å². The molecule has 0 aromatic heterocycles. The first-order valence-corrected chi connectivity index (χ1v) is 9.29. The Hall–Kier alpha value is -1.23. The van der Waals surface area contributed by atoms with E-state index >= 15 is 0 Å². The number of nitrogens with zero attached hydrogens (tertiary/aromatic N) is 1. The minimum Gasteiger partial charge on any atom is -0.484 e. The number of guanidine groups is 1. The fourth-order valence-corrected chi connectivity index (χ4v) is 2.55. The summed E-state index contributed by atoms with van der Waals surface area (Å²) in [4.78, 5) is 4.50. The molecule has 28 heavy (non-hydrogen) atoms. The smallest absolute Gasteiger partial charge is 0.422 e. The lowest BCUT2D eigenvalue weighted by Gasteiger charge is -2.18. The zero-order valence-electron chi connectivity index (χ0n) is 16.4. The number of benzene rings is 1. The van der Waals surface area contributed by atoms with Crippen molar-refractivity contribution in [1.29, 1.82) is 0 Å². The molecule has 0 aliphatic rings. The molecular weight excluding hydrogens is 486 g/mol. The van der Waals surface area contributed by atoms with Gasteiger partial charge in [-0.3, -0.25) is 0 Å². The molecule has 0 heterocycles. The van der Waals surface area contributed by atoms with Crippen molar-refractivity contribution in [2.45, 2.75) is 45.8 Å². The van der Waals surface area contributed by atoms with Crippen molar-refractivity contribution in [3.63, 3.8) is 0 Å². The van der Waals surface area contributed by atoms with Crippen molar-refractivity contribution >= 4 is 29.9 Å². The molecule has 0 saturated heterocycles. The van der Waals surface area contributed by atoms with Crippen LogP contribution in [0, 0.1) is 5.92 Å². The summed E-state index contributed by atoms with van der Waals surface area (Å²) in [6.45, 7) is 4.80. The summed E-state index contributed by atoms with van der Waals surface area (Å²) < 4.78 is 41.2. The number of ether oxygens (including phenoxy) is 1. The molecule has 0 aliphatic heterocycles. The van der Waals surface area contributed by atoms with Crippen molar-refractivity contribution in [3.05, 3.63) is 29.8 Å². The Morgan fingerprint density at radius 2 is 1.82 bits per heavy atom. The molecule has 0 saturated carbocycles. The highest BCUT2D eigenvalue weighted by molar-refractivity contribution is 14.0. The van der Waals surface area contributed by atoms with Gasteiger partial charge in [0.1, 0.15) is 5.75 Å². The number of rotatable bonds is 11. The average Bonchev–Trinajstić information content (AvgIpc) is 2.62. The number of hydrogen-bond acceptors (Lipinski definition) is 3. The van der Waals surface area contributed by atoms with Crippen LogP contribution in [-0.2, 0) is 6.54 Å². The second kappa shape index (κ2) is 14.7. The molecule has 0 fully saturated rings. The van der Waals surface area contributed by atoms with Gasteiger partial charge in [0.15, 0.2) is 12.6 Å². The third kappa shape index (κ3) is 12.3. The third-order valence-electron chi connectivity index (χ3n) is 3.88. The van der Waals surface area contributed by atoms with E-state index in [0.29, 0.717) is 25.0 Å². The van der Waals surface area contributed by atoms with E-state index in [1.807, 2.05) is 6.92 Å². The second-order valence-corrected chi connectivity index (χ2v) is 6.29. The first-order chi connectivity index (χ1) is 12.9. The van der Waals surface area contributed by atoms with E-state index in [0.717, 1.165) is 31.4 Å². The van der Waals surface area contributed by atoms with Gasteiger partial charge in [-0.25, -0.2) is 4.99 Å². The first-order valence-electron chi connectivity index (χ1n) is 9.29. The predicted molar refractivity (Wildman–Crippen MR) is 116 cm³/mol. The molecule has 1 atom stereocenters. The van der Waals surface area contributed by atoms with Gasteiger partial charge in [-0.2, -0.15) is 13.2 Å². The number of aliphatic hydroxyl groups excluding tert-OH is 1. The molecule has 162 valence electrons. The number of aliphatic hydroxyl groups is 1. The quantitative estimate of drug-likeness (QED) is 0.235. The maximum atomic E-state index is 12.2. The van der Waals surface area contributed by atoms with E-state index in [2.05, 4.69) is 22.5 Å². The zero-order valence-corrected chi connectivity index (χ0v) is 18.7. The highest BCUT2D eigenvalue weighted by atomic mass is 127. The molecule has 0 aliphatic carbocycles. The van der Waals surface area contributed by atoms with Gasteiger partial charge in [0.2, 0.25) is 0 Å². The lowest BCUT2D eigenvalue weighted by molar-refractivity contribution is -0.153. The lowest BCUT2D eigenvalue weighted by atomic mass is 10.0. The molecular formula is C19H31F3IN3O2. The summed E-state index contributed by atoms with van der Waals surface area (Å²) in [6, 6.07) is 6.42. The highest BCUT2D eigenvalue weighted by Gasteiger charge is 2.28. The van der Waals surface area contributed by atoms with E-state index in [9.17, 15) is 13.2 Å². The SMILES string of the molecule is CCCC(CCO)CNC(=NCc1ccc(OCC(F)(F)F)cc1)NCC.I. The molecule has 0 spiro atoms. The number of alkyl halides is 3. The fraction of sp³-hybridized carbons (Fsp3) is 0.632. The Balaban J connectivity index is 0.00000729. The molecule has 5 nitrogen and oxygen atoms in total. The van der Waals surface area contributed by atoms with Crippen LogP contribution in [0.5, 0.6) is 5.75 Å². The van der Waals surface area contributed by atoms with Crippen molar-refractivity contribution < 1.29 is 23.0 Å². The number of halogens is 4. The van der Waals surface area contributed by atoms with Gasteiger partial charge in [-0.05, 0) is 43.4 Å². The molecule has 1 unspecified atom stereocenters. The normalized spacial score (nSPS) is 12.9. The van der Waals surface area contributed by atoms with Crippen LogP contribution in [0.2, 0.25) is 0 Å². The van der Waals surface area contributed by atoms with E-state index in [-0.39, 0.29) is 36.3 Å². The average molecular weight is 517 g/mol. The molecule has 1 aromatic carbocycles. The minimum absolute atomic E-state index is 0. The van der Waals surface area contributed by atoms with Crippen molar-refractivity contribution in [2.24, 2.45) is 10.9 Å². The fourth-order valence-electron chi connectivity index (χ4n) is 2.55. The van der Waals surface area contributed by atoms with Crippen LogP contribution in [-0.4, -0.2) is 43.5 Å². The van der Waals surface area contributed by atoms with Crippen molar-refractivity contribution in [1.82, 2.24) is 10.6 Å². The molecule has 1 rings (SSSR count). The van der Waals surface area contributed by atoms with Gasteiger partial charge < -0.3 is 20.5 Å². The van der Waals surface area contributed by atoms with E-state index in [1.165, 1.54) is 12.1 Å². The summed E-state index contributed by atoms with van der Waals surface area (Å²) in [7, 11) is 0. The first kappa shape index (κ1) is 26.8. The minimum atomic E-state index is -4.35. The monoisotopic (exact) mass is 517 g/mol. The van der Waals surface area contributed by atoms with Crippen LogP contribution in [0.3, 0.4) is 0 Å². The standard InChI is InChI=1S/C19H30F3N3O2.HI/c1-3-5-15(10-11-26)12-24-18(23-4-2)25-13-16-6-8-17(9-7-16)27-14-19(20,21)22;/h6-9,15,26H,3-5,10-14H2,1-2H3,(H2,23,24,25);1H. The largest absolute Gasteiger partial charge is 0.484 e. The van der Waals surface area contributed by atoms with Crippen LogP contribution >= 0.6 is 24.0 Å². The van der Waals surface area contributed by atoms with Crippen LogP contribution in [0.4, 0.5) is 13.2 Å². The topological polar surface area (TPSA) is 65.9 Å². The van der Waals surface area contributed by atoms with E-state index in [4.69, 9.17) is 9.84 Å². The van der Waals surface area contributed by atoms with Gasteiger partial charge in [0, 0.05) is 19.7 Å². The van der Waals surface area contributed by atoms with Gasteiger partial charge >= 0.3 is 6.18 Å². The molecule has 0 amide bonds. The second-order valence-electron chi connectivity index (χ2n) is 6.29. The molecule has 1 aromatic rings.